The van der Waals surface area contributed by atoms with Crippen molar-refractivity contribution in [3.8, 4) is 6.07 Å². The number of nitro groups is 1. The highest BCUT2D eigenvalue weighted by Crippen LogP contribution is 1.91. The summed E-state index contributed by atoms with van der Waals surface area (Å²) in [6.07, 6.45) is 1.19. The largest absolute Gasteiger partial charge is 0.466 e. The Morgan fingerprint density at radius 2 is 2.69 bits per heavy atom. The van der Waals surface area contributed by atoms with Gasteiger partial charge in [0, 0.05) is 0 Å². The minimum absolute atomic E-state index is 0.120. The summed E-state index contributed by atoms with van der Waals surface area (Å²) in [5, 5.41) is 27.2. The molecule has 2 N–H and O–H groups in total. The molecule has 9 heteroatoms. The maximum Gasteiger partial charge on any atom is 0.466 e. The van der Waals surface area contributed by atoms with Crippen LogP contribution in [0.25, 0.3) is 0 Å². The fraction of sp³-hybridized carbons (Fsp3) is 0. The molecule has 0 saturated heterocycles. The topological polar surface area (TPSA) is 133 Å². The number of aromatic amines is 1. The average molecular weight is 181 g/mol. The van der Waals surface area contributed by atoms with Crippen LogP contribution in [0.15, 0.2) is 11.4 Å². The molecule has 66 valence electrons. The summed E-state index contributed by atoms with van der Waals surface area (Å²) in [6.45, 7) is 0. The summed E-state index contributed by atoms with van der Waals surface area (Å²) in [4.78, 5) is 12.7. The molecule has 0 aliphatic carbocycles. The average Bonchev–Trinajstić information content (AvgIpc) is 2.57. The molecule has 0 atom stereocenters. The van der Waals surface area contributed by atoms with Gasteiger partial charge in [-0.15, -0.1) is 5.43 Å². The molecular weight excluding hydrogens is 178 g/mol. The monoisotopic (exact) mass is 181 g/mol. The van der Waals surface area contributed by atoms with Gasteiger partial charge in [0.2, 0.25) is 0 Å². The Hall–Kier alpha value is -2.50. The Balaban J connectivity index is 2.67. The maximum absolute atomic E-state index is 10.1. The number of rotatable bonds is 2. The molecule has 9 nitrogen and oxygen atoms in total. The number of hydrazone groups is 1. The second-order valence-corrected chi connectivity index (χ2v) is 1.75. The van der Waals surface area contributed by atoms with Crippen LogP contribution >= 0.6 is 0 Å². The number of anilines is 1. The van der Waals surface area contributed by atoms with E-state index in [1.54, 1.807) is 0 Å². The zero-order chi connectivity index (χ0) is 9.68. The number of nitriles is 1. The van der Waals surface area contributed by atoms with E-state index in [0.29, 0.717) is 0 Å². The van der Waals surface area contributed by atoms with Gasteiger partial charge < -0.3 is 10.1 Å². The number of hydrogen-bond acceptors (Lipinski definition) is 7. The van der Waals surface area contributed by atoms with Gasteiger partial charge in [-0.25, -0.2) is 5.10 Å². The Morgan fingerprint density at radius 3 is 3.15 bits per heavy atom. The molecule has 0 aliphatic rings. The lowest BCUT2D eigenvalue weighted by atomic mass is 10.7. The molecule has 0 saturated carbocycles. The Morgan fingerprint density at radius 1 is 1.92 bits per heavy atom. The van der Waals surface area contributed by atoms with Crippen LogP contribution in [0.1, 0.15) is 0 Å². The molecule has 0 bridgehead atoms. The lowest BCUT2D eigenvalue weighted by Gasteiger charge is -1.87. The first-order chi connectivity index (χ1) is 6.24. The van der Waals surface area contributed by atoms with Gasteiger partial charge in [-0.1, -0.05) is 0 Å². The van der Waals surface area contributed by atoms with E-state index in [1.165, 1.54) is 12.4 Å². The third-order valence-electron chi connectivity index (χ3n) is 0.956. The number of amidine groups is 1. The summed E-state index contributed by atoms with van der Waals surface area (Å²) in [5.41, 5.74) is 2.15. The molecule has 13 heavy (non-hydrogen) atoms. The van der Waals surface area contributed by atoms with Gasteiger partial charge >= 0.3 is 5.84 Å². The lowest BCUT2D eigenvalue weighted by Crippen LogP contribution is -2.11. The summed E-state index contributed by atoms with van der Waals surface area (Å²) in [7, 11) is 0. The van der Waals surface area contributed by atoms with E-state index in [9.17, 15) is 10.1 Å². The summed E-state index contributed by atoms with van der Waals surface area (Å²) in [6, 6.07) is 1.29. The number of nitrogens with zero attached hydrogens (tertiary/aromatic N) is 5. The van der Waals surface area contributed by atoms with E-state index in [-0.39, 0.29) is 5.95 Å². The third-order valence-corrected chi connectivity index (χ3v) is 0.956. The van der Waals surface area contributed by atoms with Crippen molar-refractivity contribution in [3.63, 3.8) is 0 Å². The smallest absolute Gasteiger partial charge is 0.357 e. The van der Waals surface area contributed by atoms with Crippen molar-refractivity contribution in [2.24, 2.45) is 5.10 Å². The van der Waals surface area contributed by atoms with Gasteiger partial charge in [0.25, 0.3) is 5.95 Å². The number of aromatic nitrogens is 3. The van der Waals surface area contributed by atoms with Gasteiger partial charge in [-0.2, -0.15) is 15.3 Å². The molecule has 1 rings (SSSR count). The van der Waals surface area contributed by atoms with E-state index < -0.39 is 10.8 Å². The highest BCUT2D eigenvalue weighted by Gasteiger charge is 2.10. The first-order valence-corrected chi connectivity index (χ1v) is 2.97. The highest BCUT2D eigenvalue weighted by molar-refractivity contribution is 5.89. The zero-order valence-corrected chi connectivity index (χ0v) is 6.13. The van der Waals surface area contributed by atoms with Crippen molar-refractivity contribution < 1.29 is 4.92 Å². The van der Waals surface area contributed by atoms with Crippen molar-refractivity contribution in [3.05, 3.63) is 16.4 Å². The van der Waals surface area contributed by atoms with Crippen molar-refractivity contribution in [2.75, 3.05) is 5.43 Å². The summed E-state index contributed by atoms with van der Waals surface area (Å²) < 4.78 is 0. The molecule has 0 fully saturated rings. The van der Waals surface area contributed by atoms with E-state index in [2.05, 4.69) is 25.7 Å². The minimum Gasteiger partial charge on any atom is -0.357 e. The number of hydrogen-bond donors (Lipinski definition) is 2. The summed E-state index contributed by atoms with van der Waals surface area (Å²) >= 11 is 0. The Labute approximate surface area is 71.2 Å². The molecule has 0 aromatic carbocycles. The standard InChI is InChI=1S/C4H3N7O2/c5-1-3(11(12)13)8-10-4-6-2-7-9-4/h2H,(H2,6,7,9,10)/b8-3-. The Kier molecular flexibility index (Phi) is 2.49. The molecule has 0 radical (unpaired) electrons. The second-order valence-electron chi connectivity index (χ2n) is 1.75. The van der Waals surface area contributed by atoms with Gasteiger partial charge in [0.15, 0.2) is 6.07 Å². The van der Waals surface area contributed by atoms with E-state index >= 15 is 0 Å². The van der Waals surface area contributed by atoms with Crippen LogP contribution in [0.3, 0.4) is 0 Å². The predicted octanol–water partition coefficient (Wildman–Crippen LogP) is -0.670. The van der Waals surface area contributed by atoms with Gasteiger partial charge in [-0.05, 0) is 4.92 Å². The van der Waals surface area contributed by atoms with E-state index in [1.807, 2.05) is 0 Å². The molecule has 0 aliphatic heterocycles. The van der Waals surface area contributed by atoms with Crippen molar-refractivity contribution >= 4 is 11.8 Å². The van der Waals surface area contributed by atoms with Gasteiger partial charge in [-0.3, -0.25) is 0 Å². The number of H-pyrrole nitrogens is 1. The molecular formula is C4H3N7O2. The second kappa shape index (κ2) is 3.77. The van der Waals surface area contributed by atoms with Crippen molar-refractivity contribution in [1.82, 2.24) is 15.2 Å². The molecule has 1 heterocycles. The molecule has 0 spiro atoms. The fourth-order valence-electron chi connectivity index (χ4n) is 0.472. The van der Waals surface area contributed by atoms with Crippen molar-refractivity contribution in [2.45, 2.75) is 0 Å². The highest BCUT2D eigenvalue weighted by atomic mass is 16.6. The van der Waals surface area contributed by atoms with Crippen LogP contribution < -0.4 is 5.43 Å². The number of nitrogens with one attached hydrogen (secondary N) is 2. The first kappa shape index (κ1) is 8.60. The molecule has 0 amide bonds. The first-order valence-electron chi connectivity index (χ1n) is 2.97. The van der Waals surface area contributed by atoms with Crippen LogP contribution in [-0.4, -0.2) is 25.9 Å². The minimum atomic E-state index is -0.913. The maximum atomic E-state index is 10.1. The Bertz CT molecular complexity index is 360. The lowest BCUT2D eigenvalue weighted by molar-refractivity contribution is -0.347. The zero-order valence-electron chi connectivity index (χ0n) is 6.13. The summed E-state index contributed by atoms with van der Waals surface area (Å²) in [5.74, 6) is -0.731. The fourth-order valence-corrected chi connectivity index (χ4v) is 0.472. The molecule has 0 unspecified atom stereocenters. The van der Waals surface area contributed by atoms with Crippen LogP contribution in [0.4, 0.5) is 5.95 Å². The molecule has 1 aromatic heterocycles. The third kappa shape index (κ3) is 2.22. The normalized spacial score (nSPS) is 10.5. The van der Waals surface area contributed by atoms with Gasteiger partial charge in [0.1, 0.15) is 6.33 Å². The SMILES string of the molecule is N#C/C(=N/Nc1ncn[nH]1)[N+](=O)[O-]. The van der Waals surface area contributed by atoms with Crippen molar-refractivity contribution in [1.29, 1.82) is 5.26 Å². The van der Waals surface area contributed by atoms with E-state index in [0.717, 1.165) is 0 Å². The van der Waals surface area contributed by atoms with Crippen LogP contribution in [0.2, 0.25) is 0 Å². The van der Waals surface area contributed by atoms with Crippen LogP contribution in [-0.2, 0) is 0 Å². The van der Waals surface area contributed by atoms with Crippen LogP contribution in [0.5, 0.6) is 0 Å². The van der Waals surface area contributed by atoms with E-state index in [4.69, 9.17) is 5.26 Å². The van der Waals surface area contributed by atoms with Gasteiger partial charge in [0.05, 0.1) is 5.10 Å². The predicted molar refractivity (Wildman–Crippen MR) is 40.0 cm³/mol. The molecule has 1 aromatic rings. The quantitative estimate of drug-likeness (QED) is 0.269. The van der Waals surface area contributed by atoms with Crippen LogP contribution in [0, 0.1) is 21.4 Å².